The fourth-order valence-electron chi connectivity index (χ4n) is 4.32. The number of amides is 3. The summed E-state index contributed by atoms with van der Waals surface area (Å²) in [6.07, 6.45) is 0.459. The lowest BCUT2D eigenvalue weighted by Crippen LogP contribution is -2.47. The average Bonchev–Trinajstić information content (AvgIpc) is 3.12. The molecule has 5 rings (SSSR count). The van der Waals surface area contributed by atoms with E-state index in [0.29, 0.717) is 33.9 Å². The Kier molecular flexibility index (Phi) is 5.85. The van der Waals surface area contributed by atoms with Gasteiger partial charge in [0.15, 0.2) is 6.61 Å². The van der Waals surface area contributed by atoms with Crippen LogP contribution in [0.15, 0.2) is 75.9 Å². The van der Waals surface area contributed by atoms with Crippen molar-refractivity contribution in [1.82, 2.24) is 10.4 Å². The van der Waals surface area contributed by atoms with Crippen LogP contribution in [0.5, 0.6) is 5.75 Å². The number of hydrogen-bond donors (Lipinski definition) is 1. The van der Waals surface area contributed by atoms with E-state index in [0.717, 1.165) is 16.5 Å². The maximum Gasteiger partial charge on any atom is 0.340 e. The summed E-state index contributed by atoms with van der Waals surface area (Å²) in [4.78, 5) is 50.1. The van der Waals surface area contributed by atoms with Crippen LogP contribution in [0.2, 0.25) is 0 Å². The van der Waals surface area contributed by atoms with E-state index >= 15 is 0 Å². The predicted molar refractivity (Wildman–Crippen MR) is 132 cm³/mol. The molecule has 0 atom stereocenters. The first-order chi connectivity index (χ1) is 17.3. The minimum atomic E-state index is -0.681. The highest BCUT2D eigenvalue weighted by molar-refractivity contribution is 6.21. The van der Waals surface area contributed by atoms with E-state index in [9.17, 15) is 19.2 Å². The minimum Gasteiger partial charge on any atom is -0.483 e. The van der Waals surface area contributed by atoms with E-state index in [1.807, 2.05) is 37.3 Å². The predicted octanol–water partition coefficient (Wildman–Crippen LogP) is 3.71. The molecule has 0 saturated carbocycles. The normalized spacial score (nSPS) is 12.7. The van der Waals surface area contributed by atoms with Crippen LogP contribution >= 0.6 is 0 Å². The van der Waals surface area contributed by atoms with Crippen molar-refractivity contribution in [3.8, 4) is 5.75 Å². The number of hydrogen-bond acceptors (Lipinski definition) is 6. The molecule has 0 unspecified atom stereocenters. The zero-order chi connectivity index (χ0) is 25.4. The average molecular weight is 482 g/mol. The molecule has 8 heteroatoms. The van der Waals surface area contributed by atoms with Crippen LogP contribution in [-0.4, -0.2) is 29.3 Å². The minimum absolute atomic E-state index is 0.228. The van der Waals surface area contributed by atoms with Gasteiger partial charge in [-0.25, -0.2) is 4.79 Å². The molecule has 1 aromatic heterocycles. The zero-order valence-electron chi connectivity index (χ0n) is 19.7. The molecule has 0 fully saturated rings. The fraction of sp³-hybridized carbons (Fsp3) is 0.143. The maximum atomic E-state index is 12.8. The number of rotatable bonds is 6. The summed E-state index contributed by atoms with van der Waals surface area (Å²) >= 11 is 0. The first-order valence-corrected chi connectivity index (χ1v) is 11.3. The van der Waals surface area contributed by atoms with Crippen molar-refractivity contribution >= 4 is 28.7 Å². The van der Waals surface area contributed by atoms with Gasteiger partial charge in [-0.05, 0) is 49.2 Å². The second kappa shape index (κ2) is 9.14. The smallest absolute Gasteiger partial charge is 0.340 e. The van der Waals surface area contributed by atoms with Crippen molar-refractivity contribution in [2.75, 3.05) is 6.61 Å². The first kappa shape index (κ1) is 23.0. The number of aryl methyl sites for hydroxylation is 2. The molecule has 0 bridgehead atoms. The lowest BCUT2D eigenvalue weighted by Gasteiger charge is -2.16. The highest BCUT2D eigenvalue weighted by atomic mass is 16.5. The lowest BCUT2D eigenvalue weighted by atomic mass is 9.98. The van der Waals surface area contributed by atoms with Crippen molar-refractivity contribution in [2.45, 2.75) is 20.3 Å². The van der Waals surface area contributed by atoms with Gasteiger partial charge in [-0.1, -0.05) is 42.5 Å². The maximum absolute atomic E-state index is 12.8. The van der Waals surface area contributed by atoms with Crippen LogP contribution in [0.1, 0.15) is 43.0 Å². The number of nitrogens with one attached hydrogen (secondary N) is 1. The lowest BCUT2D eigenvalue weighted by molar-refractivity contribution is -0.126. The molecule has 0 spiro atoms. The molecule has 0 saturated heterocycles. The standard InChI is InChI=1S/C28H22N2O6/c1-16-19-12-13-23(17(2)25(19)36-28(34)22(16)14-18-8-4-3-5-9-18)35-15-24(31)29-30-26(32)20-10-6-7-11-21(20)27(30)33/h3-13H,14-15H2,1-2H3,(H,29,31). The summed E-state index contributed by atoms with van der Waals surface area (Å²) in [5.74, 6) is -1.54. The largest absolute Gasteiger partial charge is 0.483 e. The number of fused-ring (bicyclic) bond motifs is 2. The number of nitrogens with zero attached hydrogens (tertiary/aromatic N) is 1. The van der Waals surface area contributed by atoms with E-state index < -0.39 is 30.0 Å². The van der Waals surface area contributed by atoms with Crippen LogP contribution in [0.25, 0.3) is 11.0 Å². The summed E-state index contributed by atoms with van der Waals surface area (Å²) in [7, 11) is 0. The van der Waals surface area contributed by atoms with Gasteiger partial charge in [0.25, 0.3) is 17.7 Å². The Labute approximate surface area is 206 Å². The molecule has 180 valence electrons. The molecule has 4 aromatic rings. The summed E-state index contributed by atoms with van der Waals surface area (Å²) in [6, 6.07) is 19.5. The van der Waals surface area contributed by atoms with Crippen molar-refractivity contribution in [3.05, 3.63) is 111 Å². The molecular weight excluding hydrogens is 460 g/mol. The second-order valence-electron chi connectivity index (χ2n) is 8.54. The van der Waals surface area contributed by atoms with Gasteiger partial charge in [0, 0.05) is 22.9 Å². The van der Waals surface area contributed by atoms with Crippen molar-refractivity contribution < 1.29 is 23.5 Å². The van der Waals surface area contributed by atoms with E-state index in [2.05, 4.69) is 5.43 Å². The summed E-state index contributed by atoms with van der Waals surface area (Å²) in [6.45, 7) is 3.17. The van der Waals surface area contributed by atoms with E-state index in [4.69, 9.17) is 9.15 Å². The van der Waals surface area contributed by atoms with Gasteiger partial charge >= 0.3 is 5.63 Å². The molecule has 0 aliphatic carbocycles. The van der Waals surface area contributed by atoms with Crippen molar-refractivity contribution in [3.63, 3.8) is 0 Å². The zero-order valence-corrected chi connectivity index (χ0v) is 19.7. The summed E-state index contributed by atoms with van der Waals surface area (Å²) < 4.78 is 11.3. The van der Waals surface area contributed by atoms with Gasteiger partial charge in [-0.3, -0.25) is 19.8 Å². The van der Waals surface area contributed by atoms with Gasteiger partial charge in [-0.2, -0.15) is 5.01 Å². The van der Waals surface area contributed by atoms with Crippen molar-refractivity contribution in [1.29, 1.82) is 0 Å². The third kappa shape index (κ3) is 4.02. The molecule has 0 radical (unpaired) electrons. The van der Waals surface area contributed by atoms with Gasteiger partial charge in [0.1, 0.15) is 11.3 Å². The molecule has 1 aliphatic heterocycles. The second-order valence-corrected chi connectivity index (χ2v) is 8.54. The van der Waals surface area contributed by atoms with Gasteiger partial charge in [0.05, 0.1) is 11.1 Å². The number of ether oxygens (including phenoxy) is 1. The molecule has 3 amide bonds. The third-order valence-electron chi connectivity index (χ3n) is 6.27. The Hall–Kier alpha value is -4.72. The number of carbonyl (C=O) groups is 3. The van der Waals surface area contributed by atoms with E-state index in [1.165, 1.54) is 12.1 Å². The Morgan fingerprint density at radius 2 is 1.50 bits per heavy atom. The molecular formula is C28H22N2O6. The van der Waals surface area contributed by atoms with Crippen molar-refractivity contribution in [2.24, 2.45) is 0 Å². The van der Waals surface area contributed by atoms with E-state index in [1.54, 1.807) is 31.2 Å². The number of hydrazine groups is 1. The van der Waals surface area contributed by atoms with Gasteiger partial charge in [-0.15, -0.1) is 0 Å². The van der Waals surface area contributed by atoms with Crippen LogP contribution < -0.4 is 15.8 Å². The van der Waals surface area contributed by atoms with Gasteiger partial charge < -0.3 is 9.15 Å². The SMILES string of the molecule is Cc1c(Cc2ccccc2)c(=O)oc2c(C)c(OCC(=O)NN3C(=O)c4ccccc4C3=O)ccc12. The van der Waals surface area contributed by atoms with Crippen LogP contribution in [0.3, 0.4) is 0 Å². The molecule has 1 N–H and O–H groups in total. The Morgan fingerprint density at radius 3 is 2.17 bits per heavy atom. The first-order valence-electron chi connectivity index (χ1n) is 11.3. The van der Waals surface area contributed by atoms with E-state index in [-0.39, 0.29) is 11.1 Å². The fourth-order valence-corrected chi connectivity index (χ4v) is 4.32. The molecule has 8 nitrogen and oxygen atoms in total. The third-order valence-corrected chi connectivity index (χ3v) is 6.27. The monoisotopic (exact) mass is 482 g/mol. The molecule has 36 heavy (non-hydrogen) atoms. The molecule has 3 aromatic carbocycles. The van der Waals surface area contributed by atoms with Crippen LogP contribution in [0.4, 0.5) is 0 Å². The highest BCUT2D eigenvalue weighted by Crippen LogP contribution is 2.30. The Morgan fingerprint density at radius 1 is 0.861 bits per heavy atom. The number of imide groups is 1. The highest BCUT2D eigenvalue weighted by Gasteiger charge is 2.36. The number of benzene rings is 3. The number of carbonyl (C=O) groups excluding carboxylic acids is 3. The van der Waals surface area contributed by atoms with Crippen LogP contribution in [0, 0.1) is 13.8 Å². The Balaban J connectivity index is 1.32. The topological polar surface area (TPSA) is 106 Å². The summed E-state index contributed by atoms with van der Waals surface area (Å²) in [5, 5.41) is 1.46. The van der Waals surface area contributed by atoms with Gasteiger partial charge in [0.2, 0.25) is 0 Å². The molecule has 1 aliphatic rings. The van der Waals surface area contributed by atoms with Crippen LogP contribution in [-0.2, 0) is 11.2 Å². The quantitative estimate of drug-likeness (QED) is 0.332. The molecule has 2 heterocycles. The Bertz CT molecular complexity index is 1550. The summed E-state index contributed by atoms with van der Waals surface area (Å²) in [5.41, 5.74) is 5.69.